The van der Waals surface area contributed by atoms with Crippen molar-refractivity contribution >= 4 is 69.2 Å². The number of nitrogens with zero attached hydrogens (tertiary/aromatic N) is 2. The van der Waals surface area contributed by atoms with Crippen LogP contribution in [0, 0.1) is 10.1 Å². The number of non-ortho nitro benzene ring substituents is 1. The molecule has 2 aromatic carbocycles. The van der Waals surface area contributed by atoms with Gasteiger partial charge in [0.05, 0.1) is 19.9 Å². The highest BCUT2D eigenvalue weighted by molar-refractivity contribution is 8.26. The molecule has 1 aliphatic heterocycles. The fraction of sp³-hybridized carbons (Fsp3) is 0.158. The van der Waals surface area contributed by atoms with Crippen molar-refractivity contribution in [1.29, 1.82) is 0 Å². The monoisotopic (exact) mass is 468 g/mol. The van der Waals surface area contributed by atoms with Crippen molar-refractivity contribution in [3.63, 3.8) is 0 Å². The van der Waals surface area contributed by atoms with Crippen molar-refractivity contribution in [2.75, 3.05) is 6.54 Å². The molecule has 1 saturated heterocycles. The summed E-state index contributed by atoms with van der Waals surface area (Å²) in [6, 6.07) is 9.38. The predicted octanol–water partition coefficient (Wildman–Crippen LogP) is 5.70. The van der Waals surface area contributed by atoms with E-state index >= 15 is 0 Å². The number of thioether (sulfide) groups is 1. The molecule has 10 heteroatoms. The highest BCUT2D eigenvalue weighted by Crippen LogP contribution is 2.37. The first-order valence-corrected chi connectivity index (χ1v) is 10.4. The third-order valence-electron chi connectivity index (χ3n) is 4.01. The summed E-state index contributed by atoms with van der Waals surface area (Å²) in [6.45, 7) is 2.43. The van der Waals surface area contributed by atoms with E-state index in [0.717, 1.165) is 0 Å². The van der Waals surface area contributed by atoms with Gasteiger partial charge in [0.15, 0.2) is 5.75 Å². The Morgan fingerprint density at radius 3 is 2.55 bits per heavy atom. The Morgan fingerprint density at radius 2 is 1.97 bits per heavy atom. The number of nitro benzene ring substituents is 1. The molecule has 0 spiro atoms. The Labute approximate surface area is 186 Å². The number of rotatable bonds is 6. The number of amides is 1. The van der Waals surface area contributed by atoms with E-state index in [1.165, 1.54) is 28.8 Å². The first-order valence-electron chi connectivity index (χ1n) is 8.40. The molecule has 3 rings (SSSR count). The van der Waals surface area contributed by atoms with Crippen molar-refractivity contribution in [2.24, 2.45) is 0 Å². The third-order valence-corrected chi connectivity index (χ3v) is 5.95. The summed E-state index contributed by atoms with van der Waals surface area (Å²) in [5.41, 5.74) is 1.22. The second-order valence-corrected chi connectivity index (χ2v) is 8.45. The Bertz CT molecular complexity index is 1020. The van der Waals surface area contributed by atoms with Gasteiger partial charge >= 0.3 is 0 Å². The topological polar surface area (TPSA) is 72.7 Å². The molecule has 1 fully saturated rings. The van der Waals surface area contributed by atoms with E-state index in [9.17, 15) is 14.9 Å². The number of halogens is 2. The number of thiocarbonyl (C=S) groups is 1. The Morgan fingerprint density at radius 1 is 1.28 bits per heavy atom. The van der Waals surface area contributed by atoms with E-state index in [1.54, 1.807) is 30.3 Å². The molecule has 0 aromatic heterocycles. The molecule has 29 heavy (non-hydrogen) atoms. The summed E-state index contributed by atoms with van der Waals surface area (Å²) >= 11 is 19.1. The number of carbonyl (C=O) groups excluding carboxylic acids is 1. The van der Waals surface area contributed by atoms with Gasteiger partial charge in [-0.15, -0.1) is 0 Å². The minimum absolute atomic E-state index is 0.0250. The average molecular weight is 469 g/mol. The second kappa shape index (κ2) is 9.13. The van der Waals surface area contributed by atoms with Crippen molar-refractivity contribution in [1.82, 2.24) is 4.90 Å². The maximum absolute atomic E-state index is 12.3. The van der Waals surface area contributed by atoms with E-state index in [0.29, 0.717) is 26.9 Å². The van der Waals surface area contributed by atoms with Gasteiger partial charge < -0.3 is 4.74 Å². The summed E-state index contributed by atoms with van der Waals surface area (Å²) in [7, 11) is 0. The van der Waals surface area contributed by atoms with Gasteiger partial charge in [0, 0.05) is 18.7 Å². The number of nitro groups is 1. The lowest BCUT2D eigenvalue weighted by molar-refractivity contribution is -0.384. The van der Waals surface area contributed by atoms with Crippen molar-refractivity contribution in [2.45, 2.75) is 13.5 Å². The molecule has 2 aromatic rings. The van der Waals surface area contributed by atoms with Crippen LogP contribution in [0.4, 0.5) is 5.69 Å². The van der Waals surface area contributed by atoms with Gasteiger partial charge in [0.2, 0.25) is 0 Å². The number of benzene rings is 2. The molecule has 0 unspecified atom stereocenters. The molecular formula is C19H14Cl2N2O4S2. The van der Waals surface area contributed by atoms with Crippen LogP contribution in [0.2, 0.25) is 10.0 Å². The lowest BCUT2D eigenvalue weighted by atomic mass is 10.2. The Kier molecular flexibility index (Phi) is 6.79. The first kappa shape index (κ1) is 21.6. The third kappa shape index (κ3) is 4.90. The minimum atomic E-state index is -0.473. The van der Waals surface area contributed by atoms with E-state index in [2.05, 4.69) is 0 Å². The smallest absolute Gasteiger partial charge is 0.269 e. The highest BCUT2D eigenvalue weighted by atomic mass is 35.5. The minimum Gasteiger partial charge on any atom is -0.486 e. The molecule has 6 nitrogen and oxygen atoms in total. The fourth-order valence-corrected chi connectivity index (χ4v) is 4.64. The standard InChI is InChI=1S/C19H14Cl2N2O4S2/c1-2-22-18(24)16(29-19(22)28)9-12-7-14(20)17(15(21)8-12)27-10-11-4-3-5-13(6-11)23(25)26/h3-9H,2,10H2,1H3/b16-9-. The summed E-state index contributed by atoms with van der Waals surface area (Å²) in [5.74, 6) is 0.110. The van der Waals surface area contributed by atoms with Gasteiger partial charge in [-0.3, -0.25) is 19.8 Å². The van der Waals surface area contributed by atoms with Crippen molar-refractivity contribution in [3.05, 3.63) is 72.6 Å². The zero-order valence-corrected chi connectivity index (χ0v) is 18.2. The van der Waals surface area contributed by atoms with Gasteiger partial charge in [0.25, 0.3) is 11.6 Å². The van der Waals surface area contributed by atoms with Crippen LogP contribution in [-0.4, -0.2) is 26.6 Å². The molecule has 0 saturated carbocycles. The zero-order valence-electron chi connectivity index (χ0n) is 15.1. The van der Waals surface area contributed by atoms with E-state index in [1.807, 2.05) is 6.92 Å². The number of hydrogen-bond acceptors (Lipinski definition) is 6. The fourth-order valence-electron chi connectivity index (χ4n) is 2.64. The first-order chi connectivity index (χ1) is 13.8. The molecular weight excluding hydrogens is 455 g/mol. The predicted molar refractivity (Wildman–Crippen MR) is 119 cm³/mol. The van der Waals surface area contributed by atoms with Crippen LogP contribution >= 0.6 is 47.2 Å². The van der Waals surface area contributed by atoms with Crippen LogP contribution in [0.25, 0.3) is 6.08 Å². The number of hydrogen-bond donors (Lipinski definition) is 0. The largest absolute Gasteiger partial charge is 0.486 e. The lowest BCUT2D eigenvalue weighted by Gasteiger charge is -2.11. The SMILES string of the molecule is CCN1C(=O)/C(=C/c2cc(Cl)c(OCc3cccc([N+](=O)[O-])c3)c(Cl)c2)SC1=S. The summed E-state index contributed by atoms with van der Waals surface area (Å²) in [5, 5.41) is 11.4. The maximum atomic E-state index is 12.3. The number of likely N-dealkylation sites (N-methyl/N-ethyl adjacent to an activating group) is 1. The molecule has 1 heterocycles. The molecule has 0 N–H and O–H groups in total. The van der Waals surface area contributed by atoms with Gasteiger partial charge in [-0.25, -0.2) is 0 Å². The van der Waals surface area contributed by atoms with Gasteiger partial charge in [0.1, 0.15) is 10.9 Å². The zero-order chi connectivity index (χ0) is 21.1. The lowest BCUT2D eigenvalue weighted by Crippen LogP contribution is -2.27. The molecule has 1 amide bonds. The van der Waals surface area contributed by atoms with Crippen LogP contribution in [-0.2, 0) is 11.4 Å². The van der Waals surface area contributed by atoms with Crippen LogP contribution < -0.4 is 4.74 Å². The summed E-state index contributed by atoms with van der Waals surface area (Å²) in [4.78, 5) is 24.8. The van der Waals surface area contributed by atoms with E-state index < -0.39 is 4.92 Å². The van der Waals surface area contributed by atoms with Gasteiger partial charge in [-0.1, -0.05) is 59.3 Å². The number of carbonyl (C=O) groups is 1. The quantitative estimate of drug-likeness (QED) is 0.234. The highest BCUT2D eigenvalue weighted by Gasteiger charge is 2.30. The number of ether oxygens (including phenoxy) is 1. The average Bonchev–Trinajstić information content (AvgIpc) is 2.93. The van der Waals surface area contributed by atoms with Crippen LogP contribution in [0.5, 0.6) is 5.75 Å². The second-order valence-electron chi connectivity index (χ2n) is 5.96. The molecule has 0 bridgehead atoms. The Balaban J connectivity index is 1.79. The van der Waals surface area contributed by atoms with E-state index in [4.69, 9.17) is 40.2 Å². The molecule has 0 atom stereocenters. The van der Waals surface area contributed by atoms with Crippen molar-refractivity contribution in [3.8, 4) is 5.75 Å². The maximum Gasteiger partial charge on any atom is 0.269 e. The summed E-state index contributed by atoms with van der Waals surface area (Å²) in [6.07, 6.45) is 1.68. The van der Waals surface area contributed by atoms with Crippen molar-refractivity contribution < 1.29 is 14.5 Å². The normalized spacial score (nSPS) is 15.3. The van der Waals surface area contributed by atoms with Crippen LogP contribution in [0.1, 0.15) is 18.1 Å². The van der Waals surface area contributed by atoms with Gasteiger partial charge in [-0.05, 0) is 36.3 Å². The molecule has 0 aliphatic carbocycles. The molecule has 150 valence electrons. The van der Waals surface area contributed by atoms with Crippen LogP contribution in [0.3, 0.4) is 0 Å². The molecule has 0 radical (unpaired) electrons. The summed E-state index contributed by atoms with van der Waals surface area (Å²) < 4.78 is 6.19. The molecule has 1 aliphatic rings. The Hall–Kier alpha value is -2.13. The van der Waals surface area contributed by atoms with Gasteiger partial charge in [-0.2, -0.15) is 0 Å². The van der Waals surface area contributed by atoms with E-state index in [-0.39, 0.29) is 34.0 Å². The van der Waals surface area contributed by atoms with Crippen LogP contribution in [0.15, 0.2) is 41.3 Å².